The number of thiophene rings is 1. The molecule has 0 aliphatic carbocycles. The molecule has 0 bridgehead atoms. The molecule has 2 aromatic carbocycles. The number of hydrogen-bond donors (Lipinski definition) is 1. The van der Waals surface area contributed by atoms with Crippen molar-refractivity contribution in [3.63, 3.8) is 0 Å². The summed E-state index contributed by atoms with van der Waals surface area (Å²) in [5.74, 6) is -1.07. The lowest BCUT2D eigenvalue weighted by Gasteiger charge is -2.05. The van der Waals surface area contributed by atoms with Gasteiger partial charge in [0, 0.05) is 22.9 Å². The molecule has 0 atom stereocenters. The summed E-state index contributed by atoms with van der Waals surface area (Å²) in [6.07, 6.45) is -0.182. The molecule has 0 radical (unpaired) electrons. The predicted molar refractivity (Wildman–Crippen MR) is 115 cm³/mol. The average Bonchev–Trinajstić information content (AvgIpc) is 3.22. The van der Waals surface area contributed by atoms with Gasteiger partial charge in [-0.25, -0.2) is 9.37 Å². The third-order valence-corrected chi connectivity index (χ3v) is 5.54. The van der Waals surface area contributed by atoms with Crippen LogP contribution in [0.1, 0.15) is 29.0 Å². The fourth-order valence-corrected chi connectivity index (χ4v) is 4.08. The first-order valence-corrected chi connectivity index (χ1v) is 10.4. The van der Waals surface area contributed by atoms with Gasteiger partial charge in [0.2, 0.25) is 0 Å². The van der Waals surface area contributed by atoms with Crippen LogP contribution in [0.4, 0.5) is 4.39 Å². The Balaban J connectivity index is 1.39. The monoisotopic (exact) mass is 436 g/mol. The Hall–Kier alpha value is -3.65. The van der Waals surface area contributed by atoms with Gasteiger partial charge in [-0.1, -0.05) is 30.3 Å². The SMILES string of the molecule is O=C(CCC(=O)c1ccc(F)cc1)OCc1nc2scc(-c3ccccc3)c2c(=O)[nH]1. The number of aromatic nitrogens is 2. The Bertz CT molecular complexity index is 1300. The summed E-state index contributed by atoms with van der Waals surface area (Å²) >= 11 is 1.34. The van der Waals surface area contributed by atoms with Gasteiger partial charge in [0.05, 0.1) is 11.8 Å². The van der Waals surface area contributed by atoms with Crippen molar-refractivity contribution >= 4 is 33.3 Å². The minimum absolute atomic E-state index is 0.0567. The minimum Gasteiger partial charge on any atom is -0.458 e. The topological polar surface area (TPSA) is 89.1 Å². The van der Waals surface area contributed by atoms with E-state index in [0.29, 0.717) is 15.8 Å². The molecule has 0 amide bonds. The van der Waals surface area contributed by atoms with Gasteiger partial charge in [0.1, 0.15) is 23.1 Å². The van der Waals surface area contributed by atoms with Crippen LogP contribution in [0.3, 0.4) is 0 Å². The second-order valence-corrected chi connectivity index (χ2v) is 7.66. The van der Waals surface area contributed by atoms with Crippen molar-refractivity contribution in [2.45, 2.75) is 19.4 Å². The Morgan fingerprint density at radius 1 is 1.03 bits per heavy atom. The molecule has 2 aromatic heterocycles. The van der Waals surface area contributed by atoms with Crippen LogP contribution in [0.25, 0.3) is 21.3 Å². The number of ketones is 1. The van der Waals surface area contributed by atoms with E-state index in [0.717, 1.165) is 11.1 Å². The Kier molecular flexibility index (Phi) is 5.99. The van der Waals surface area contributed by atoms with Crippen molar-refractivity contribution in [1.82, 2.24) is 9.97 Å². The van der Waals surface area contributed by atoms with Gasteiger partial charge in [-0.15, -0.1) is 11.3 Å². The quantitative estimate of drug-likeness (QED) is 0.340. The number of ether oxygens (including phenoxy) is 1. The maximum atomic E-state index is 12.9. The number of benzene rings is 2. The molecule has 4 rings (SSSR count). The van der Waals surface area contributed by atoms with Crippen molar-refractivity contribution < 1.29 is 18.7 Å². The number of fused-ring (bicyclic) bond motifs is 1. The molecule has 4 aromatic rings. The molecule has 0 saturated carbocycles. The first kappa shape index (κ1) is 20.6. The van der Waals surface area contributed by atoms with Gasteiger partial charge in [0.25, 0.3) is 5.56 Å². The van der Waals surface area contributed by atoms with E-state index in [1.54, 1.807) is 0 Å². The number of aromatic amines is 1. The van der Waals surface area contributed by atoms with Crippen LogP contribution in [-0.4, -0.2) is 21.7 Å². The highest BCUT2D eigenvalue weighted by Gasteiger charge is 2.15. The van der Waals surface area contributed by atoms with Gasteiger partial charge in [-0.05, 0) is 29.8 Å². The van der Waals surface area contributed by atoms with E-state index < -0.39 is 11.8 Å². The van der Waals surface area contributed by atoms with Crippen molar-refractivity contribution in [3.8, 4) is 11.1 Å². The molecule has 2 heterocycles. The second-order valence-electron chi connectivity index (χ2n) is 6.80. The third-order valence-electron chi connectivity index (χ3n) is 4.67. The number of nitrogens with one attached hydrogen (secondary N) is 1. The van der Waals surface area contributed by atoms with Gasteiger partial charge in [-0.2, -0.15) is 0 Å². The van der Waals surface area contributed by atoms with E-state index in [1.165, 1.54) is 35.6 Å². The van der Waals surface area contributed by atoms with E-state index in [1.807, 2.05) is 35.7 Å². The highest BCUT2D eigenvalue weighted by atomic mass is 32.1. The summed E-state index contributed by atoms with van der Waals surface area (Å²) < 4.78 is 18.1. The summed E-state index contributed by atoms with van der Waals surface area (Å²) in [5.41, 5.74) is 1.75. The fourth-order valence-electron chi connectivity index (χ4n) is 3.11. The molecule has 0 saturated heterocycles. The fraction of sp³-hybridized carbons (Fsp3) is 0.130. The van der Waals surface area contributed by atoms with E-state index in [-0.39, 0.29) is 36.6 Å². The lowest BCUT2D eigenvalue weighted by atomic mass is 10.1. The molecule has 8 heteroatoms. The smallest absolute Gasteiger partial charge is 0.306 e. The zero-order valence-corrected chi connectivity index (χ0v) is 17.1. The first-order valence-electron chi connectivity index (χ1n) is 9.51. The second kappa shape index (κ2) is 9.01. The van der Waals surface area contributed by atoms with E-state index in [4.69, 9.17) is 4.74 Å². The first-order chi connectivity index (χ1) is 15.0. The molecule has 156 valence electrons. The molecule has 0 fully saturated rings. The molecule has 0 spiro atoms. The van der Waals surface area contributed by atoms with Crippen molar-refractivity contribution in [2.24, 2.45) is 0 Å². The molecule has 6 nitrogen and oxygen atoms in total. The van der Waals surface area contributed by atoms with E-state index in [9.17, 15) is 18.8 Å². The zero-order valence-electron chi connectivity index (χ0n) is 16.3. The Morgan fingerprint density at radius 2 is 1.77 bits per heavy atom. The summed E-state index contributed by atoms with van der Waals surface area (Å²) in [4.78, 5) is 44.2. The van der Waals surface area contributed by atoms with Crippen LogP contribution in [0.5, 0.6) is 0 Å². The molecular formula is C23H17FN2O4S. The molecule has 0 aliphatic heterocycles. The van der Waals surface area contributed by atoms with Crippen LogP contribution in [-0.2, 0) is 16.1 Å². The number of carbonyl (C=O) groups excluding carboxylic acids is 2. The molecule has 0 aliphatic rings. The van der Waals surface area contributed by atoms with Crippen molar-refractivity contribution in [1.29, 1.82) is 0 Å². The van der Waals surface area contributed by atoms with Crippen LogP contribution >= 0.6 is 11.3 Å². The van der Waals surface area contributed by atoms with Crippen LogP contribution in [0, 0.1) is 5.82 Å². The van der Waals surface area contributed by atoms with Crippen molar-refractivity contribution in [2.75, 3.05) is 0 Å². The summed E-state index contributed by atoms with van der Waals surface area (Å²) in [6, 6.07) is 14.7. The lowest BCUT2D eigenvalue weighted by Crippen LogP contribution is -2.14. The zero-order chi connectivity index (χ0) is 21.8. The number of esters is 1. The number of rotatable bonds is 7. The normalized spacial score (nSPS) is 10.9. The average molecular weight is 436 g/mol. The summed E-state index contributed by atoms with van der Waals surface area (Å²) in [6.45, 7) is -0.201. The summed E-state index contributed by atoms with van der Waals surface area (Å²) in [7, 11) is 0. The minimum atomic E-state index is -0.589. The Labute approximate surface area is 180 Å². The maximum Gasteiger partial charge on any atom is 0.306 e. The number of Topliss-reactive ketones (excluding diaryl/α,β-unsaturated/α-hetero) is 1. The number of carbonyl (C=O) groups is 2. The highest BCUT2D eigenvalue weighted by Crippen LogP contribution is 2.30. The van der Waals surface area contributed by atoms with Crippen LogP contribution < -0.4 is 5.56 Å². The van der Waals surface area contributed by atoms with Gasteiger partial charge < -0.3 is 9.72 Å². The van der Waals surface area contributed by atoms with Gasteiger partial charge in [-0.3, -0.25) is 14.4 Å². The molecule has 1 N–H and O–H groups in total. The standard InChI is InChI=1S/C23H17FN2O4S/c24-16-8-6-15(7-9-16)18(27)10-11-20(28)30-12-19-25-22(29)21-17(13-31-23(21)26-19)14-4-2-1-3-5-14/h1-9,13H,10-12H2,(H,25,26,29). The number of hydrogen-bond acceptors (Lipinski definition) is 6. The molecular weight excluding hydrogens is 419 g/mol. The largest absolute Gasteiger partial charge is 0.458 e. The Morgan fingerprint density at radius 3 is 2.52 bits per heavy atom. The van der Waals surface area contributed by atoms with Gasteiger partial charge >= 0.3 is 5.97 Å². The van der Waals surface area contributed by atoms with Crippen LogP contribution in [0.2, 0.25) is 0 Å². The van der Waals surface area contributed by atoms with E-state index in [2.05, 4.69) is 9.97 Å². The lowest BCUT2D eigenvalue weighted by molar-refractivity contribution is -0.145. The maximum absolute atomic E-state index is 12.9. The number of nitrogens with zero attached hydrogens (tertiary/aromatic N) is 1. The van der Waals surface area contributed by atoms with Crippen molar-refractivity contribution in [3.05, 3.63) is 87.5 Å². The summed E-state index contributed by atoms with van der Waals surface area (Å²) in [5, 5.41) is 2.37. The van der Waals surface area contributed by atoms with Crippen LogP contribution in [0.15, 0.2) is 64.8 Å². The molecule has 31 heavy (non-hydrogen) atoms. The number of H-pyrrole nitrogens is 1. The third kappa shape index (κ3) is 4.75. The number of halogens is 1. The highest BCUT2D eigenvalue weighted by molar-refractivity contribution is 7.17. The van der Waals surface area contributed by atoms with Gasteiger partial charge in [0.15, 0.2) is 5.78 Å². The predicted octanol–water partition coefficient (Wildman–Crippen LogP) is 4.50. The molecule has 0 unspecified atom stereocenters. The van der Waals surface area contributed by atoms with E-state index >= 15 is 0 Å².